The number of hydrogen-bond acceptors (Lipinski definition) is 6. The number of amides is 1. The summed E-state index contributed by atoms with van der Waals surface area (Å²) in [5, 5.41) is 10.4. The smallest absolute Gasteiger partial charge is 0.251 e. The molecule has 1 aliphatic heterocycles. The van der Waals surface area contributed by atoms with Crippen molar-refractivity contribution in [1.82, 2.24) is 16.3 Å². The molecule has 3 N–H and O–H groups in total. The van der Waals surface area contributed by atoms with Gasteiger partial charge in [0.15, 0.2) is 6.17 Å². The van der Waals surface area contributed by atoms with Gasteiger partial charge in [0.1, 0.15) is 11.9 Å². The van der Waals surface area contributed by atoms with E-state index >= 15 is 0 Å². The molecule has 1 aliphatic rings. The van der Waals surface area contributed by atoms with E-state index < -0.39 is 0 Å². The van der Waals surface area contributed by atoms with Crippen molar-refractivity contribution in [2.45, 2.75) is 72.6 Å². The number of carbonyl (C=O) groups is 1. The van der Waals surface area contributed by atoms with Crippen molar-refractivity contribution in [2.24, 2.45) is 16.3 Å². The van der Waals surface area contributed by atoms with Gasteiger partial charge in [-0.25, -0.2) is 5.53 Å². The minimum absolute atomic E-state index is 0.119. The first-order valence-corrected chi connectivity index (χ1v) is 13.7. The Morgan fingerprint density at radius 1 is 1.00 bits per heavy atom. The van der Waals surface area contributed by atoms with Crippen LogP contribution in [-0.2, 0) is 5.41 Å². The summed E-state index contributed by atoms with van der Waals surface area (Å²) < 4.78 is 6.60. The topological polar surface area (TPSA) is 87.1 Å². The van der Waals surface area contributed by atoms with E-state index in [4.69, 9.17) is 4.74 Å². The van der Waals surface area contributed by atoms with E-state index in [1.54, 1.807) is 0 Å². The minimum Gasteiger partial charge on any atom is -0.486 e. The number of nitrogens with zero attached hydrogens (tertiary/aromatic N) is 2. The maximum atomic E-state index is 12.6. The second kappa shape index (κ2) is 12.0. The van der Waals surface area contributed by atoms with Crippen LogP contribution in [0, 0.1) is 19.8 Å². The van der Waals surface area contributed by atoms with Crippen LogP contribution in [0.25, 0.3) is 11.1 Å². The van der Waals surface area contributed by atoms with Gasteiger partial charge in [0, 0.05) is 5.56 Å². The standard InChI is InChI=1S/C32H41N5O2/c1-20(2)16-28(23-8-10-25(11-9-23)31(38)33-19-29-34-36-37-35-29)39-27-17-21(3)30(22(4)18-27)24-12-14-26(15-13-24)32(5,6)7/h8-15,17-18,20,28-29H,16,19H2,1-7H3,(H,33,38)(H,34,37)(H,35,36). The van der Waals surface area contributed by atoms with Gasteiger partial charge in [-0.15, -0.1) is 5.11 Å². The summed E-state index contributed by atoms with van der Waals surface area (Å²) in [6, 6.07) is 20.9. The molecule has 3 aromatic carbocycles. The quantitative estimate of drug-likeness (QED) is 0.281. The monoisotopic (exact) mass is 527 g/mol. The van der Waals surface area contributed by atoms with Crippen molar-refractivity contribution in [1.29, 1.82) is 0 Å². The number of hydrazine groups is 1. The lowest BCUT2D eigenvalue weighted by molar-refractivity contribution is 0.0949. The lowest BCUT2D eigenvalue weighted by atomic mass is 9.85. The molecular weight excluding hydrogens is 486 g/mol. The van der Waals surface area contributed by atoms with Crippen LogP contribution in [0.15, 0.2) is 71.0 Å². The third-order valence-corrected chi connectivity index (χ3v) is 6.99. The fraction of sp³-hybridized carbons (Fsp3) is 0.406. The Morgan fingerprint density at radius 2 is 1.64 bits per heavy atom. The van der Waals surface area contributed by atoms with Crippen LogP contribution in [-0.4, -0.2) is 18.6 Å². The van der Waals surface area contributed by atoms with Gasteiger partial charge in [0.05, 0.1) is 6.54 Å². The Balaban J connectivity index is 1.50. The highest BCUT2D eigenvalue weighted by Crippen LogP contribution is 2.35. The van der Waals surface area contributed by atoms with Crippen molar-refractivity contribution in [3.05, 3.63) is 88.5 Å². The predicted octanol–water partition coefficient (Wildman–Crippen LogP) is 6.97. The Bertz CT molecular complexity index is 1280. The number of rotatable bonds is 9. The molecule has 0 fully saturated rings. The maximum absolute atomic E-state index is 12.6. The van der Waals surface area contributed by atoms with Gasteiger partial charge in [-0.3, -0.25) is 4.79 Å². The Morgan fingerprint density at radius 3 is 2.18 bits per heavy atom. The second-order valence-corrected chi connectivity index (χ2v) is 11.8. The van der Waals surface area contributed by atoms with Gasteiger partial charge < -0.3 is 10.1 Å². The van der Waals surface area contributed by atoms with Crippen molar-refractivity contribution in [3.63, 3.8) is 0 Å². The van der Waals surface area contributed by atoms with E-state index in [2.05, 4.69) is 111 Å². The molecule has 206 valence electrons. The molecule has 0 bridgehead atoms. The van der Waals surface area contributed by atoms with Gasteiger partial charge in [0.25, 0.3) is 5.91 Å². The third kappa shape index (κ3) is 7.24. The van der Waals surface area contributed by atoms with Gasteiger partial charge in [-0.1, -0.05) is 76.2 Å². The highest BCUT2D eigenvalue weighted by Gasteiger charge is 2.19. The van der Waals surface area contributed by atoms with Crippen LogP contribution < -0.4 is 21.0 Å². The molecule has 2 atom stereocenters. The second-order valence-electron chi connectivity index (χ2n) is 11.8. The third-order valence-electron chi connectivity index (χ3n) is 6.99. The van der Waals surface area contributed by atoms with Crippen LogP contribution in [0.1, 0.15) is 79.8 Å². The van der Waals surface area contributed by atoms with Gasteiger partial charge in [-0.2, -0.15) is 5.43 Å². The molecule has 39 heavy (non-hydrogen) atoms. The molecule has 0 aromatic heterocycles. The number of ether oxygens (including phenoxy) is 1. The number of hydrogen-bond donors (Lipinski definition) is 3. The van der Waals surface area contributed by atoms with E-state index in [0.29, 0.717) is 18.0 Å². The van der Waals surface area contributed by atoms with Gasteiger partial charge >= 0.3 is 0 Å². The number of carbonyl (C=O) groups excluding carboxylic acids is 1. The number of aryl methyl sites for hydroxylation is 2. The molecule has 1 amide bonds. The van der Waals surface area contributed by atoms with Gasteiger partial charge in [-0.05, 0) is 89.2 Å². The molecule has 0 aliphatic carbocycles. The Kier molecular flexibility index (Phi) is 8.70. The van der Waals surface area contributed by atoms with Crippen molar-refractivity contribution >= 4 is 5.91 Å². The molecule has 3 aromatic rings. The molecule has 0 radical (unpaired) electrons. The molecule has 4 rings (SSSR count). The zero-order chi connectivity index (χ0) is 28.2. The lowest BCUT2D eigenvalue weighted by Gasteiger charge is -2.23. The molecule has 0 spiro atoms. The minimum atomic E-state index is -0.266. The average molecular weight is 528 g/mol. The van der Waals surface area contributed by atoms with E-state index in [1.807, 2.05) is 24.3 Å². The summed E-state index contributed by atoms with van der Waals surface area (Å²) in [4.78, 5) is 12.6. The first-order chi connectivity index (χ1) is 18.5. The van der Waals surface area contributed by atoms with Crippen LogP contribution in [0.5, 0.6) is 5.75 Å². The van der Waals surface area contributed by atoms with Crippen LogP contribution in [0.3, 0.4) is 0 Å². The fourth-order valence-electron chi connectivity index (χ4n) is 4.89. The molecule has 0 saturated carbocycles. The molecule has 7 nitrogen and oxygen atoms in total. The van der Waals surface area contributed by atoms with E-state index in [0.717, 1.165) is 17.7 Å². The SMILES string of the molecule is Cc1cc(OC(CC(C)C)c2ccc(C(=O)NCC3N=NNN3)cc2)cc(C)c1-c1ccc(C(C)(C)C)cc1. The lowest BCUT2D eigenvalue weighted by Crippen LogP contribution is -2.40. The van der Waals surface area contributed by atoms with E-state index in [-0.39, 0.29) is 23.6 Å². The highest BCUT2D eigenvalue weighted by atomic mass is 16.5. The molecule has 2 unspecified atom stereocenters. The fourth-order valence-corrected chi connectivity index (χ4v) is 4.89. The molecule has 1 heterocycles. The number of nitrogens with one attached hydrogen (secondary N) is 3. The summed E-state index contributed by atoms with van der Waals surface area (Å²) in [7, 11) is 0. The van der Waals surface area contributed by atoms with Gasteiger partial charge in [0.2, 0.25) is 0 Å². The largest absolute Gasteiger partial charge is 0.486 e. The average Bonchev–Trinajstić information content (AvgIpc) is 3.40. The molecule has 0 saturated heterocycles. The van der Waals surface area contributed by atoms with Crippen molar-refractivity contribution in [3.8, 4) is 16.9 Å². The summed E-state index contributed by atoms with van der Waals surface area (Å²) in [5.41, 5.74) is 13.4. The maximum Gasteiger partial charge on any atom is 0.251 e. The molecular formula is C32H41N5O2. The van der Waals surface area contributed by atoms with Crippen molar-refractivity contribution in [2.75, 3.05) is 6.54 Å². The predicted molar refractivity (Wildman–Crippen MR) is 157 cm³/mol. The zero-order valence-electron chi connectivity index (χ0n) is 24.1. The van der Waals surface area contributed by atoms with E-state index in [9.17, 15) is 4.79 Å². The molecule has 7 heteroatoms. The first-order valence-electron chi connectivity index (χ1n) is 13.7. The van der Waals surface area contributed by atoms with Crippen LogP contribution in [0.2, 0.25) is 0 Å². The van der Waals surface area contributed by atoms with Crippen LogP contribution >= 0.6 is 0 Å². The Labute approximate surface area is 232 Å². The number of benzene rings is 3. The van der Waals surface area contributed by atoms with E-state index in [1.165, 1.54) is 27.8 Å². The first kappa shape index (κ1) is 28.3. The van der Waals surface area contributed by atoms with Crippen LogP contribution in [0.4, 0.5) is 0 Å². The zero-order valence-corrected chi connectivity index (χ0v) is 24.1. The Hall–Kier alpha value is -3.71. The van der Waals surface area contributed by atoms with Crippen molar-refractivity contribution < 1.29 is 9.53 Å². The highest BCUT2D eigenvalue weighted by molar-refractivity contribution is 5.94. The summed E-state index contributed by atoms with van der Waals surface area (Å²) in [6.45, 7) is 15.8. The summed E-state index contributed by atoms with van der Waals surface area (Å²) in [5.74, 6) is 1.16. The summed E-state index contributed by atoms with van der Waals surface area (Å²) in [6.07, 6.45) is 0.482. The summed E-state index contributed by atoms with van der Waals surface area (Å²) >= 11 is 0. The normalized spacial score (nSPS) is 15.7.